The molecule has 12 heteroatoms. The van der Waals surface area contributed by atoms with Crippen molar-refractivity contribution < 1.29 is 24.0 Å². The number of nitrogens with zero attached hydrogens (tertiary/aromatic N) is 2. The van der Waals surface area contributed by atoms with Crippen molar-refractivity contribution in [3.63, 3.8) is 0 Å². The molecule has 0 aliphatic carbocycles. The zero-order chi connectivity index (χ0) is 24.6. The van der Waals surface area contributed by atoms with Crippen LogP contribution in [-0.4, -0.2) is 49.8 Å². The number of thioether (sulfide) groups is 1. The van der Waals surface area contributed by atoms with Crippen molar-refractivity contribution in [2.45, 2.75) is 48.7 Å². The van der Waals surface area contributed by atoms with Crippen LogP contribution in [0.25, 0.3) is 0 Å². The first-order valence-electron chi connectivity index (χ1n) is 10.6. The van der Waals surface area contributed by atoms with Gasteiger partial charge in [0.05, 0.1) is 4.92 Å². The largest absolute Gasteiger partial charge is 0.459 e. The van der Waals surface area contributed by atoms with Gasteiger partial charge in [-0.15, -0.1) is 24.2 Å². The average molecular weight is 521 g/mol. The van der Waals surface area contributed by atoms with Gasteiger partial charge in [0.25, 0.3) is 5.69 Å². The lowest BCUT2D eigenvalue weighted by atomic mass is 9.95. The first-order chi connectivity index (χ1) is 16.1. The third kappa shape index (κ3) is 5.12. The summed E-state index contributed by atoms with van der Waals surface area (Å²) >= 11 is 1.42. The predicted octanol–water partition coefficient (Wildman–Crippen LogP) is 2.31. The van der Waals surface area contributed by atoms with Gasteiger partial charge in [0.1, 0.15) is 30.1 Å². The molecule has 2 heterocycles. The lowest BCUT2D eigenvalue weighted by molar-refractivity contribution is -0.384. The van der Waals surface area contributed by atoms with E-state index < -0.39 is 45.0 Å². The summed E-state index contributed by atoms with van der Waals surface area (Å²) in [5, 5.41) is 13.1. The number of halogens is 1. The van der Waals surface area contributed by atoms with Crippen molar-refractivity contribution in [3.05, 3.63) is 75.8 Å². The van der Waals surface area contributed by atoms with Crippen LogP contribution in [0, 0.1) is 10.1 Å². The highest BCUT2D eigenvalue weighted by atomic mass is 35.5. The Labute approximate surface area is 212 Å². The Morgan fingerprint density at radius 1 is 1.20 bits per heavy atom. The molecule has 2 aromatic carbocycles. The highest BCUT2D eigenvalue weighted by Gasteiger charge is 2.64. The quantitative estimate of drug-likeness (QED) is 0.245. The van der Waals surface area contributed by atoms with Crippen LogP contribution in [0.5, 0.6) is 0 Å². The van der Waals surface area contributed by atoms with Crippen LogP contribution in [0.15, 0.2) is 54.6 Å². The predicted molar refractivity (Wildman–Crippen MR) is 132 cm³/mol. The smallest absolute Gasteiger partial charge is 0.330 e. The van der Waals surface area contributed by atoms with Crippen LogP contribution in [0.1, 0.15) is 31.0 Å². The first kappa shape index (κ1) is 26.5. The third-order valence-corrected chi connectivity index (χ3v) is 7.50. The molecule has 0 spiro atoms. The van der Waals surface area contributed by atoms with Gasteiger partial charge in [0, 0.05) is 16.9 Å². The van der Waals surface area contributed by atoms with Gasteiger partial charge < -0.3 is 20.7 Å². The molecule has 2 amide bonds. The molecular weight excluding hydrogens is 496 g/mol. The fourth-order valence-electron chi connectivity index (χ4n) is 4.13. The number of nitro groups is 1. The lowest BCUT2D eigenvalue weighted by Gasteiger charge is -2.44. The molecule has 0 aromatic heterocycles. The summed E-state index contributed by atoms with van der Waals surface area (Å²) in [7, 11) is 0. The minimum atomic E-state index is -0.912. The number of non-ortho nitro benzene ring substituents is 1. The van der Waals surface area contributed by atoms with Crippen LogP contribution in [-0.2, 0) is 25.7 Å². The van der Waals surface area contributed by atoms with Gasteiger partial charge in [-0.25, -0.2) is 4.79 Å². The number of nitrogens with one attached hydrogen (secondary N) is 1. The van der Waals surface area contributed by atoms with E-state index in [0.29, 0.717) is 11.1 Å². The maximum atomic E-state index is 12.9. The van der Waals surface area contributed by atoms with E-state index in [1.807, 2.05) is 19.9 Å². The molecule has 2 aromatic rings. The Kier molecular flexibility index (Phi) is 7.73. The van der Waals surface area contributed by atoms with E-state index >= 15 is 0 Å². The molecule has 3 N–H and O–H groups in total. The van der Waals surface area contributed by atoms with Crippen LogP contribution in [0.3, 0.4) is 0 Å². The monoisotopic (exact) mass is 520 g/mol. The zero-order valence-electron chi connectivity index (χ0n) is 19.0. The Morgan fingerprint density at radius 2 is 1.83 bits per heavy atom. The molecule has 186 valence electrons. The highest BCUT2D eigenvalue weighted by molar-refractivity contribution is 8.01. The van der Waals surface area contributed by atoms with E-state index in [0.717, 1.165) is 0 Å². The molecule has 4 atom stereocenters. The van der Waals surface area contributed by atoms with Crippen molar-refractivity contribution in [3.8, 4) is 0 Å². The summed E-state index contributed by atoms with van der Waals surface area (Å²) in [6.45, 7) is 3.61. The van der Waals surface area contributed by atoms with Gasteiger partial charge in [-0.2, -0.15) is 0 Å². The molecule has 0 bridgehead atoms. The Balaban J connectivity index is 0.00000342. The van der Waals surface area contributed by atoms with Crippen molar-refractivity contribution in [1.29, 1.82) is 0 Å². The molecule has 2 aliphatic rings. The Bertz CT molecular complexity index is 1130. The van der Waals surface area contributed by atoms with Gasteiger partial charge in [-0.3, -0.25) is 19.7 Å². The average Bonchev–Trinajstić information content (AvgIpc) is 3.08. The SMILES string of the molecule is CC1(C)S[C@@H]2C(NC(=O)C(N)c3ccccc3)C(=O)N2[C@H]1C(=O)OCc1ccc([N+](=O)[O-])cc1.Cl. The third-order valence-electron chi connectivity index (χ3n) is 5.93. The maximum Gasteiger partial charge on any atom is 0.330 e. The van der Waals surface area contributed by atoms with E-state index in [-0.39, 0.29) is 30.6 Å². The summed E-state index contributed by atoms with van der Waals surface area (Å²) in [6.07, 6.45) is 0. The van der Waals surface area contributed by atoms with Crippen LogP contribution >= 0.6 is 24.2 Å². The van der Waals surface area contributed by atoms with Crippen molar-refractivity contribution in [1.82, 2.24) is 10.2 Å². The molecule has 10 nitrogen and oxygen atoms in total. The second-order valence-electron chi connectivity index (χ2n) is 8.67. The number of nitrogens with two attached hydrogens (primary N) is 1. The number of esters is 1. The topological polar surface area (TPSA) is 145 Å². The molecule has 0 saturated carbocycles. The van der Waals surface area contributed by atoms with Crippen molar-refractivity contribution in [2.75, 3.05) is 0 Å². The van der Waals surface area contributed by atoms with Gasteiger partial charge in [-0.05, 0) is 37.1 Å². The number of nitro benzene ring substituents is 1. The van der Waals surface area contributed by atoms with E-state index in [2.05, 4.69) is 5.32 Å². The second-order valence-corrected chi connectivity index (χ2v) is 10.4. The summed E-state index contributed by atoms with van der Waals surface area (Å²) in [6, 6.07) is 12.0. The number of amides is 2. The Hall–Kier alpha value is -3.15. The molecule has 2 fully saturated rings. The molecule has 2 unspecified atom stereocenters. The van der Waals surface area contributed by atoms with E-state index in [1.165, 1.54) is 40.9 Å². The molecule has 0 radical (unpaired) electrons. The molecule has 35 heavy (non-hydrogen) atoms. The summed E-state index contributed by atoms with van der Waals surface area (Å²) in [4.78, 5) is 50.2. The molecule has 2 saturated heterocycles. The lowest BCUT2D eigenvalue weighted by Crippen LogP contribution is -2.71. The molecule has 2 aliphatic heterocycles. The summed E-state index contributed by atoms with van der Waals surface area (Å²) in [5.41, 5.74) is 7.21. The normalized spacial score (nSPS) is 22.8. The number of fused-ring (bicyclic) bond motifs is 1. The zero-order valence-corrected chi connectivity index (χ0v) is 20.6. The van der Waals surface area contributed by atoms with Gasteiger partial charge >= 0.3 is 5.97 Å². The summed E-state index contributed by atoms with van der Waals surface area (Å²) in [5.74, 6) is -1.40. The van der Waals surface area contributed by atoms with Crippen molar-refractivity contribution >= 4 is 47.6 Å². The fraction of sp³-hybridized carbons (Fsp3) is 0.348. The number of ether oxygens (including phenoxy) is 1. The van der Waals surface area contributed by atoms with E-state index in [1.54, 1.807) is 24.3 Å². The van der Waals surface area contributed by atoms with Crippen LogP contribution < -0.4 is 11.1 Å². The number of carbonyl (C=O) groups excluding carboxylic acids is 3. The molecular formula is C23H25ClN4O6S. The minimum Gasteiger partial charge on any atom is -0.459 e. The Morgan fingerprint density at radius 3 is 2.43 bits per heavy atom. The van der Waals surface area contributed by atoms with Gasteiger partial charge in [0.15, 0.2) is 0 Å². The number of β-lactam (4-membered cyclic amide) rings is 1. The van der Waals surface area contributed by atoms with Crippen molar-refractivity contribution in [2.24, 2.45) is 5.73 Å². The number of hydrogen-bond acceptors (Lipinski definition) is 8. The number of hydrogen-bond donors (Lipinski definition) is 2. The number of rotatable bonds is 7. The molecule has 4 rings (SSSR count). The second kappa shape index (κ2) is 10.2. The number of carbonyl (C=O) groups is 3. The standard InChI is InChI=1S/C23H24N4O6S.ClH/c1-23(2)18(22(30)33-12-13-8-10-15(11-9-13)27(31)32)26-20(29)17(21(26)34-23)25-19(28)16(24)14-6-4-3-5-7-14;/h3-11,16-18,21H,12,24H2,1-2H3,(H,25,28);1H/t16?,17?,18-,21+;/m0./s1. The number of benzene rings is 2. The minimum absolute atomic E-state index is 0. The fourth-order valence-corrected chi connectivity index (χ4v) is 5.75. The van der Waals surface area contributed by atoms with Crippen LogP contribution in [0.4, 0.5) is 5.69 Å². The van der Waals surface area contributed by atoms with E-state index in [9.17, 15) is 24.5 Å². The summed E-state index contributed by atoms with van der Waals surface area (Å²) < 4.78 is 4.79. The van der Waals surface area contributed by atoms with Crippen LogP contribution in [0.2, 0.25) is 0 Å². The first-order valence-corrected chi connectivity index (χ1v) is 11.5. The maximum absolute atomic E-state index is 12.9. The van der Waals surface area contributed by atoms with E-state index in [4.69, 9.17) is 10.5 Å². The van der Waals surface area contributed by atoms with Gasteiger partial charge in [-0.1, -0.05) is 30.3 Å². The highest BCUT2D eigenvalue weighted by Crippen LogP contribution is 2.51. The van der Waals surface area contributed by atoms with Gasteiger partial charge in [0.2, 0.25) is 11.8 Å².